The van der Waals surface area contributed by atoms with E-state index in [0.717, 1.165) is 50.8 Å². The summed E-state index contributed by atoms with van der Waals surface area (Å²) < 4.78 is 0. The van der Waals surface area contributed by atoms with Crippen LogP contribution >= 0.6 is 11.3 Å². The number of hydrogen-bond acceptors (Lipinski definition) is 5. The minimum absolute atomic E-state index is 0.0646. The Hall–Kier alpha value is -2.47. The van der Waals surface area contributed by atoms with Crippen molar-refractivity contribution in [2.45, 2.75) is 34.1 Å². The van der Waals surface area contributed by atoms with Gasteiger partial charge in [-0.25, -0.2) is 9.97 Å². The standard InChI is InChI=1S/C18H20N4OS/c1-5-15-21-17(14-6-7-24-18(14)22-15)20-13-8-10(2)16(11(3)9-13)19-12(4)23/h6-9H,5H2,1-4H3,(H,19,23)(H,20,21,22). The Kier molecular flexibility index (Phi) is 4.49. The lowest BCUT2D eigenvalue weighted by atomic mass is 10.1. The zero-order valence-electron chi connectivity index (χ0n) is 14.2. The largest absolute Gasteiger partial charge is 0.340 e. The minimum Gasteiger partial charge on any atom is -0.340 e. The predicted octanol–water partition coefficient (Wildman–Crippen LogP) is 4.57. The van der Waals surface area contributed by atoms with Gasteiger partial charge >= 0.3 is 0 Å². The quantitative estimate of drug-likeness (QED) is 0.730. The van der Waals surface area contributed by atoms with E-state index in [1.165, 1.54) is 6.92 Å². The number of thiophene rings is 1. The molecule has 1 aromatic carbocycles. The van der Waals surface area contributed by atoms with Gasteiger partial charge in [0, 0.05) is 24.7 Å². The van der Waals surface area contributed by atoms with Gasteiger partial charge < -0.3 is 10.6 Å². The highest BCUT2D eigenvalue weighted by Crippen LogP contribution is 2.30. The third-order valence-electron chi connectivity index (χ3n) is 3.78. The lowest BCUT2D eigenvalue weighted by molar-refractivity contribution is -0.114. The molecule has 0 unspecified atom stereocenters. The van der Waals surface area contributed by atoms with Crippen LogP contribution in [0.25, 0.3) is 10.2 Å². The average Bonchev–Trinajstić information content (AvgIpc) is 2.99. The second kappa shape index (κ2) is 6.57. The lowest BCUT2D eigenvalue weighted by Crippen LogP contribution is -2.09. The molecule has 6 heteroatoms. The maximum Gasteiger partial charge on any atom is 0.221 e. The molecule has 2 N–H and O–H groups in total. The van der Waals surface area contributed by atoms with Crippen molar-refractivity contribution in [2.24, 2.45) is 0 Å². The van der Waals surface area contributed by atoms with Crippen LogP contribution in [0.2, 0.25) is 0 Å². The van der Waals surface area contributed by atoms with E-state index in [0.29, 0.717) is 0 Å². The smallest absolute Gasteiger partial charge is 0.221 e. The third-order valence-corrected chi connectivity index (χ3v) is 4.59. The molecule has 0 spiro atoms. The summed E-state index contributed by atoms with van der Waals surface area (Å²) >= 11 is 1.62. The first-order valence-electron chi connectivity index (χ1n) is 7.88. The summed E-state index contributed by atoms with van der Waals surface area (Å²) in [4.78, 5) is 21.5. The number of anilines is 3. The molecule has 0 aliphatic heterocycles. The van der Waals surface area contributed by atoms with Gasteiger partial charge in [-0.1, -0.05) is 6.92 Å². The molecule has 0 aliphatic carbocycles. The average molecular weight is 340 g/mol. The zero-order valence-corrected chi connectivity index (χ0v) is 15.0. The number of aryl methyl sites for hydroxylation is 3. The van der Waals surface area contributed by atoms with E-state index in [2.05, 4.69) is 27.5 Å². The van der Waals surface area contributed by atoms with Crippen molar-refractivity contribution >= 4 is 44.7 Å². The Morgan fingerprint density at radius 2 is 1.92 bits per heavy atom. The molecule has 124 valence electrons. The monoisotopic (exact) mass is 340 g/mol. The lowest BCUT2D eigenvalue weighted by Gasteiger charge is -2.14. The molecule has 5 nitrogen and oxygen atoms in total. The molecule has 0 radical (unpaired) electrons. The van der Waals surface area contributed by atoms with E-state index in [9.17, 15) is 4.79 Å². The number of aromatic nitrogens is 2. The van der Waals surface area contributed by atoms with E-state index in [1.807, 2.05) is 37.4 Å². The normalized spacial score (nSPS) is 10.8. The number of hydrogen-bond donors (Lipinski definition) is 2. The Morgan fingerprint density at radius 1 is 1.21 bits per heavy atom. The number of nitrogens with one attached hydrogen (secondary N) is 2. The fourth-order valence-electron chi connectivity index (χ4n) is 2.70. The summed E-state index contributed by atoms with van der Waals surface area (Å²) in [7, 11) is 0. The van der Waals surface area contributed by atoms with Gasteiger partial charge in [0.05, 0.1) is 5.39 Å². The van der Waals surface area contributed by atoms with Crippen molar-refractivity contribution in [3.63, 3.8) is 0 Å². The van der Waals surface area contributed by atoms with Crippen LogP contribution in [0, 0.1) is 13.8 Å². The van der Waals surface area contributed by atoms with E-state index in [4.69, 9.17) is 0 Å². The highest BCUT2D eigenvalue weighted by atomic mass is 32.1. The zero-order chi connectivity index (χ0) is 17.3. The number of fused-ring (bicyclic) bond motifs is 1. The Bertz CT molecular complexity index is 894. The first-order valence-corrected chi connectivity index (χ1v) is 8.76. The molecule has 0 saturated heterocycles. The maximum absolute atomic E-state index is 11.3. The topological polar surface area (TPSA) is 66.9 Å². The molecule has 1 amide bonds. The molecule has 2 heterocycles. The molecule has 0 bridgehead atoms. The van der Waals surface area contributed by atoms with Crippen LogP contribution in [0.1, 0.15) is 30.8 Å². The van der Waals surface area contributed by atoms with E-state index in [-0.39, 0.29) is 5.91 Å². The van der Waals surface area contributed by atoms with Gasteiger partial charge in [-0.05, 0) is 48.6 Å². The highest BCUT2D eigenvalue weighted by Gasteiger charge is 2.11. The summed E-state index contributed by atoms with van der Waals surface area (Å²) in [5, 5.41) is 9.35. The Morgan fingerprint density at radius 3 is 2.54 bits per heavy atom. The Labute approximate surface area is 145 Å². The minimum atomic E-state index is -0.0646. The molecule has 24 heavy (non-hydrogen) atoms. The van der Waals surface area contributed by atoms with Crippen LogP contribution in [-0.2, 0) is 11.2 Å². The molecule has 2 aromatic heterocycles. The summed E-state index contributed by atoms with van der Waals surface area (Å²) in [6.45, 7) is 7.54. The van der Waals surface area contributed by atoms with Gasteiger partial charge in [-0.15, -0.1) is 11.3 Å². The summed E-state index contributed by atoms with van der Waals surface area (Å²) in [6.07, 6.45) is 0.794. The second-order valence-electron chi connectivity index (χ2n) is 5.77. The molecule has 3 rings (SSSR count). The molecular weight excluding hydrogens is 320 g/mol. The van der Waals surface area contributed by atoms with Crippen molar-refractivity contribution in [2.75, 3.05) is 10.6 Å². The van der Waals surface area contributed by atoms with Gasteiger partial charge in [0.2, 0.25) is 5.91 Å². The van der Waals surface area contributed by atoms with Crippen molar-refractivity contribution in [1.29, 1.82) is 0 Å². The molecule has 0 saturated carbocycles. The van der Waals surface area contributed by atoms with Crippen LogP contribution < -0.4 is 10.6 Å². The number of benzene rings is 1. The van der Waals surface area contributed by atoms with Gasteiger partial charge in [0.25, 0.3) is 0 Å². The van der Waals surface area contributed by atoms with E-state index >= 15 is 0 Å². The van der Waals surface area contributed by atoms with Crippen LogP contribution in [0.15, 0.2) is 23.6 Å². The van der Waals surface area contributed by atoms with Crippen molar-refractivity contribution in [3.8, 4) is 0 Å². The van der Waals surface area contributed by atoms with Crippen molar-refractivity contribution < 1.29 is 4.79 Å². The SMILES string of the molecule is CCc1nc(Nc2cc(C)c(NC(C)=O)c(C)c2)c2ccsc2n1. The fourth-order valence-corrected chi connectivity index (χ4v) is 3.48. The molecule has 3 aromatic rings. The van der Waals surface area contributed by atoms with Crippen LogP contribution in [0.4, 0.5) is 17.2 Å². The molecule has 0 aliphatic rings. The first kappa shape index (κ1) is 16.4. The van der Waals surface area contributed by atoms with Gasteiger partial charge in [-0.3, -0.25) is 4.79 Å². The maximum atomic E-state index is 11.3. The van der Waals surface area contributed by atoms with Crippen LogP contribution in [-0.4, -0.2) is 15.9 Å². The molecule has 0 fully saturated rings. The van der Waals surface area contributed by atoms with Crippen molar-refractivity contribution in [1.82, 2.24) is 9.97 Å². The van der Waals surface area contributed by atoms with Crippen molar-refractivity contribution in [3.05, 3.63) is 40.5 Å². The Balaban J connectivity index is 2.00. The van der Waals surface area contributed by atoms with Gasteiger partial charge in [0.15, 0.2) is 0 Å². The number of carbonyl (C=O) groups excluding carboxylic acids is 1. The number of carbonyl (C=O) groups is 1. The predicted molar refractivity (Wildman–Crippen MR) is 100 cm³/mol. The molecule has 0 atom stereocenters. The van der Waals surface area contributed by atoms with Gasteiger partial charge in [-0.2, -0.15) is 0 Å². The van der Waals surface area contributed by atoms with E-state index < -0.39 is 0 Å². The molecular formula is C18H20N4OS. The summed E-state index contributed by atoms with van der Waals surface area (Å²) in [6, 6.07) is 6.07. The fraction of sp³-hybridized carbons (Fsp3) is 0.278. The third kappa shape index (κ3) is 3.23. The van der Waals surface area contributed by atoms with E-state index in [1.54, 1.807) is 11.3 Å². The number of nitrogens with zero attached hydrogens (tertiary/aromatic N) is 2. The highest BCUT2D eigenvalue weighted by molar-refractivity contribution is 7.16. The second-order valence-corrected chi connectivity index (χ2v) is 6.67. The summed E-state index contributed by atoms with van der Waals surface area (Å²) in [5.74, 6) is 1.59. The summed E-state index contributed by atoms with van der Waals surface area (Å²) in [5.41, 5.74) is 3.84. The van der Waals surface area contributed by atoms with Crippen LogP contribution in [0.5, 0.6) is 0 Å². The van der Waals surface area contributed by atoms with Gasteiger partial charge in [0.1, 0.15) is 16.5 Å². The first-order chi connectivity index (χ1) is 11.5. The number of rotatable bonds is 4. The van der Waals surface area contributed by atoms with Crippen LogP contribution in [0.3, 0.4) is 0 Å². The number of amides is 1.